The van der Waals surface area contributed by atoms with Gasteiger partial charge in [-0.3, -0.25) is 0 Å². The maximum Gasteiger partial charge on any atom is 0.0529 e. The molecule has 1 rings (SSSR count). The zero-order valence-electron chi connectivity index (χ0n) is 8.83. The number of allylic oxidation sites excluding steroid dienone is 5. The fourth-order valence-electron chi connectivity index (χ4n) is 1.10. The monoisotopic (exact) mass is 175 g/mol. The van der Waals surface area contributed by atoms with Crippen molar-refractivity contribution in [3.8, 4) is 0 Å². The number of hydrogen-bond acceptors (Lipinski definition) is 1. The van der Waals surface area contributed by atoms with Crippen molar-refractivity contribution in [3.05, 3.63) is 29.5 Å². The van der Waals surface area contributed by atoms with Crippen LogP contribution < -0.4 is 0 Å². The minimum atomic E-state index is 0.476. The van der Waals surface area contributed by atoms with Gasteiger partial charge in [0.25, 0.3) is 0 Å². The fourth-order valence-corrected chi connectivity index (χ4v) is 1.10. The largest absolute Gasteiger partial charge is 0.210 e. The Morgan fingerprint density at radius 3 is 2.38 bits per heavy atom. The normalized spacial score (nSPS) is 16.2. The van der Waals surface area contributed by atoms with Crippen molar-refractivity contribution >= 4 is 5.87 Å². The Balaban J connectivity index is 2.94. The van der Waals surface area contributed by atoms with E-state index in [1.807, 2.05) is 0 Å². The van der Waals surface area contributed by atoms with Crippen molar-refractivity contribution in [2.24, 2.45) is 16.8 Å². The van der Waals surface area contributed by atoms with E-state index in [2.05, 4.69) is 56.8 Å². The van der Waals surface area contributed by atoms with Crippen LogP contribution in [0.5, 0.6) is 0 Å². The quantitative estimate of drug-likeness (QED) is 0.610. The van der Waals surface area contributed by atoms with Crippen LogP contribution in [0.2, 0.25) is 0 Å². The van der Waals surface area contributed by atoms with Crippen molar-refractivity contribution < 1.29 is 0 Å². The van der Waals surface area contributed by atoms with Crippen LogP contribution in [0.25, 0.3) is 0 Å². The van der Waals surface area contributed by atoms with Crippen LogP contribution in [0.15, 0.2) is 34.5 Å². The Morgan fingerprint density at radius 2 is 1.85 bits per heavy atom. The van der Waals surface area contributed by atoms with Gasteiger partial charge < -0.3 is 0 Å². The van der Waals surface area contributed by atoms with E-state index in [4.69, 9.17) is 0 Å². The molecule has 13 heavy (non-hydrogen) atoms. The summed E-state index contributed by atoms with van der Waals surface area (Å²) in [6.07, 6.45) is 6.21. The van der Waals surface area contributed by atoms with E-state index in [1.165, 1.54) is 5.57 Å². The molecule has 0 N–H and O–H groups in total. The number of rotatable bonds is 2. The number of aliphatic imine (C=N–C) groups is 1. The fraction of sp³-hybridized carbons (Fsp3) is 0.500. The molecule has 0 radical (unpaired) electrons. The average molecular weight is 175 g/mol. The first-order valence-corrected chi connectivity index (χ1v) is 4.83. The van der Waals surface area contributed by atoms with Gasteiger partial charge in [-0.25, -0.2) is 4.99 Å². The lowest BCUT2D eigenvalue weighted by Gasteiger charge is -2.01. The van der Waals surface area contributed by atoms with Gasteiger partial charge in [0, 0.05) is 5.57 Å². The van der Waals surface area contributed by atoms with Gasteiger partial charge in [-0.1, -0.05) is 33.8 Å². The molecule has 0 saturated heterocycles. The Hall–Kier alpha value is -1.07. The standard InChI is InChI=1S/C12H17N/c1-9(2)11-6-5-7-12(10(3)4)13-8-11/h5-7,9-10H,1-4H3. The molecule has 70 valence electrons. The molecule has 0 aromatic rings. The molecule has 0 saturated carbocycles. The molecule has 1 nitrogen and oxygen atoms in total. The second-order valence-electron chi connectivity index (χ2n) is 3.94. The first-order chi connectivity index (χ1) is 6.11. The van der Waals surface area contributed by atoms with Crippen LogP contribution in [0, 0.1) is 11.8 Å². The highest BCUT2D eigenvalue weighted by molar-refractivity contribution is 5.65. The Morgan fingerprint density at radius 1 is 1.15 bits per heavy atom. The summed E-state index contributed by atoms with van der Waals surface area (Å²) in [7, 11) is 0. The van der Waals surface area contributed by atoms with Crippen molar-refractivity contribution in [2.75, 3.05) is 0 Å². The van der Waals surface area contributed by atoms with Crippen LogP contribution in [-0.4, -0.2) is 5.87 Å². The van der Waals surface area contributed by atoms with Crippen LogP contribution in [0.4, 0.5) is 0 Å². The van der Waals surface area contributed by atoms with Gasteiger partial charge >= 0.3 is 0 Å². The van der Waals surface area contributed by atoms with Crippen LogP contribution in [0.1, 0.15) is 27.7 Å². The third-order valence-electron chi connectivity index (χ3n) is 2.07. The molecule has 0 fully saturated rings. The average Bonchev–Trinajstić information content (AvgIpc) is 2.27. The van der Waals surface area contributed by atoms with Gasteiger partial charge in [0.1, 0.15) is 0 Å². The molecule has 0 amide bonds. The molecule has 0 aromatic carbocycles. The zero-order chi connectivity index (χ0) is 9.84. The van der Waals surface area contributed by atoms with E-state index < -0.39 is 0 Å². The van der Waals surface area contributed by atoms with Crippen LogP contribution >= 0.6 is 0 Å². The lowest BCUT2D eigenvalue weighted by Crippen LogP contribution is -1.91. The molecular formula is C12H17N. The second kappa shape index (κ2) is 4.25. The van der Waals surface area contributed by atoms with E-state index in [9.17, 15) is 0 Å². The smallest absolute Gasteiger partial charge is 0.0529 e. The summed E-state index contributed by atoms with van der Waals surface area (Å²) in [5.41, 5.74) is 2.28. The highest BCUT2D eigenvalue weighted by Gasteiger charge is 2.03. The van der Waals surface area contributed by atoms with Gasteiger partial charge in [-0.05, 0) is 29.9 Å². The van der Waals surface area contributed by atoms with Crippen molar-refractivity contribution in [1.29, 1.82) is 0 Å². The summed E-state index contributed by atoms with van der Waals surface area (Å²) < 4.78 is 0. The van der Waals surface area contributed by atoms with E-state index in [0.717, 1.165) is 5.70 Å². The van der Waals surface area contributed by atoms with E-state index in [-0.39, 0.29) is 0 Å². The first-order valence-electron chi connectivity index (χ1n) is 4.83. The lowest BCUT2D eigenvalue weighted by molar-refractivity contribution is 0.759. The van der Waals surface area contributed by atoms with Gasteiger partial charge in [0.05, 0.1) is 5.70 Å². The summed E-state index contributed by atoms with van der Waals surface area (Å²) in [4.78, 5) is 4.34. The van der Waals surface area contributed by atoms with Gasteiger partial charge in [-0.15, -0.1) is 0 Å². The zero-order valence-corrected chi connectivity index (χ0v) is 8.83. The molecule has 1 heteroatoms. The van der Waals surface area contributed by atoms with Gasteiger partial charge in [0.2, 0.25) is 0 Å². The minimum Gasteiger partial charge on any atom is -0.210 e. The van der Waals surface area contributed by atoms with Crippen LogP contribution in [0.3, 0.4) is 0 Å². The van der Waals surface area contributed by atoms with Crippen molar-refractivity contribution in [1.82, 2.24) is 0 Å². The third kappa shape index (κ3) is 2.71. The second-order valence-corrected chi connectivity index (χ2v) is 3.94. The molecule has 1 aliphatic heterocycles. The highest BCUT2D eigenvalue weighted by atomic mass is 14.7. The SMILES string of the molecule is CC(C)C1=C=NC(C(C)C)=CC=C1. The summed E-state index contributed by atoms with van der Waals surface area (Å²) in [5.74, 6) is 4.07. The van der Waals surface area contributed by atoms with Gasteiger partial charge in [0.15, 0.2) is 0 Å². The topological polar surface area (TPSA) is 12.4 Å². The first kappa shape index (κ1) is 10.0. The maximum atomic E-state index is 4.34. The Labute approximate surface area is 80.6 Å². The van der Waals surface area contributed by atoms with Crippen LogP contribution in [-0.2, 0) is 0 Å². The number of nitrogens with zero attached hydrogens (tertiary/aromatic N) is 1. The number of hydrogen-bond donors (Lipinski definition) is 0. The lowest BCUT2D eigenvalue weighted by atomic mass is 10.1. The summed E-state index contributed by atoms with van der Waals surface area (Å²) in [5, 5.41) is 0. The molecule has 0 unspecified atom stereocenters. The summed E-state index contributed by atoms with van der Waals surface area (Å²) >= 11 is 0. The molecule has 1 aliphatic rings. The minimum absolute atomic E-state index is 0.476. The van der Waals surface area contributed by atoms with Crippen molar-refractivity contribution in [3.63, 3.8) is 0 Å². The van der Waals surface area contributed by atoms with E-state index >= 15 is 0 Å². The molecular weight excluding hydrogens is 158 g/mol. The molecule has 0 spiro atoms. The van der Waals surface area contributed by atoms with Gasteiger partial charge in [-0.2, -0.15) is 0 Å². The summed E-state index contributed by atoms with van der Waals surface area (Å²) in [6.45, 7) is 8.60. The van der Waals surface area contributed by atoms with E-state index in [0.29, 0.717) is 11.8 Å². The highest BCUT2D eigenvalue weighted by Crippen LogP contribution is 2.15. The predicted octanol–water partition coefficient (Wildman–Crippen LogP) is 3.35. The van der Waals surface area contributed by atoms with Crippen molar-refractivity contribution in [2.45, 2.75) is 27.7 Å². The van der Waals surface area contributed by atoms with E-state index in [1.54, 1.807) is 0 Å². The molecule has 0 aromatic heterocycles. The third-order valence-corrected chi connectivity index (χ3v) is 2.07. The Kier molecular flexibility index (Phi) is 3.27. The predicted molar refractivity (Wildman–Crippen MR) is 57.8 cm³/mol. The maximum absolute atomic E-state index is 4.34. The molecule has 1 heterocycles. The Bertz CT molecular complexity index is 297. The molecule has 0 atom stereocenters. The molecule has 0 bridgehead atoms. The summed E-state index contributed by atoms with van der Waals surface area (Å²) in [6, 6.07) is 0. The molecule has 0 aliphatic carbocycles.